The van der Waals surface area contributed by atoms with Gasteiger partial charge >= 0.3 is 0 Å². The molecule has 2 rings (SSSR count). The van der Waals surface area contributed by atoms with Gasteiger partial charge in [0.1, 0.15) is 11.5 Å². The third kappa shape index (κ3) is 4.83. The summed E-state index contributed by atoms with van der Waals surface area (Å²) in [6, 6.07) is 9.01. The molecule has 0 unspecified atom stereocenters. The maximum atomic E-state index is 12.0. The van der Waals surface area contributed by atoms with Gasteiger partial charge < -0.3 is 14.8 Å². The second-order valence-corrected chi connectivity index (χ2v) is 6.46. The number of carbonyl (C=O) groups excluding carboxylic acids is 2. The molecule has 0 saturated heterocycles. The van der Waals surface area contributed by atoms with Gasteiger partial charge in [0.15, 0.2) is 12.4 Å². The van der Waals surface area contributed by atoms with Crippen molar-refractivity contribution in [1.29, 1.82) is 0 Å². The fourth-order valence-electron chi connectivity index (χ4n) is 2.13. The summed E-state index contributed by atoms with van der Waals surface area (Å²) in [6.07, 6.45) is 0.991. The van der Waals surface area contributed by atoms with E-state index in [0.29, 0.717) is 23.6 Å². The number of ketones is 1. The number of Topliss-reactive ketones (excluding diaryl/α,β-unsaturated/α-hetero) is 1. The van der Waals surface area contributed by atoms with Gasteiger partial charge in [0.2, 0.25) is 0 Å². The normalized spacial score (nSPS) is 10.3. The van der Waals surface area contributed by atoms with Gasteiger partial charge in [0.05, 0.1) is 19.2 Å². The fraction of sp³-hybridized carbons (Fsp3) is 0.333. The van der Waals surface area contributed by atoms with Crippen LogP contribution in [0.1, 0.15) is 34.0 Å². The number of hydrogen-bond donors (Lipinski definition) is 1. The molecule has 0 aliphatic rings. The molecule has 1 heterocycles. The van der Waals surface area contributed by atoms with Crippen LogP contribution in [0.25, 0.3) is 0 Å². The van der Waals surface area contributed by atoms with Crippen molar-refractivity contribution in [2.75, 3.05) is 13.7 Å². The predicted molar refractivity (Wildman–Crippen MR) is 94.0 cm³/mol. The Morgan fingerprint density at radius 3 is 2.54 bits per heavy atom. The minimum atomic E-state index is -0.237. The summed E-state index contributed by atoms with van der Waals surface area (Å²) < 4.78 is 10.6. The van der Waals surface area contributed by atoms with E-state index in [1.54, 1.807) is 29.5 Å². The summed E-state index contributed by atoms with van der Waals surface area (Å²) in [4.78, 5) is 26.0. The smallest absolute Gasteiger partial charge is 0.258 e. The summed E-state index contributed by atoms with van der Waals surface area (Å²) in [5.41, 5.74) is 0.425. The Bertz CT molecular complexity index is 724. The molecule has 2 aromatic rings. The molecular formula is C18H21NO4S. The molecule has 0 saturated carbocycles. The maximum absolute atomic E-state index is 12.0. The van der Waals surface area contributed by atoms with Crippen LogP contribution in [0.2, 0.25) is 0 Å². The zero-order chi connectivity index (χ0) is 17.5. The molecule has 0 radical (unpaired) electrons. The Morgan fingerprint density at radius 1 is 1.17 bits per heavy atom. The fourth-order valence-corrected chi connectivity index (χ4v) is 3.02. The van der Waals surface area contributed by atoms with Gasteiger partial charge in [-0.05, 0) is 37.6 Å². The predicted octanol–water partition coefficient (Wildman–Crippen LogP) is 3.22. The van der Waals surface area contributed by atoms with Crippen LogP contribution in [0.5, 0.6) is 11.5 Å². The Balaban J connectivity index is 1.92. The number of methoxy groups -OCH3 is 1. The number of nitrogens with one attached hydrogen (secondary N) is 1. The van der Waals surface area contributed by atoms with E-state index in [0.717, 1.165) is 11.3 Å². The summed E-state index contributed by atoms with van der Waals surface area (Å²) >= 11 is 1.68. The van der Waals surface area contributed by atoms with Crippen LogP contribution in [0.4, 0.5) is 0 Å². The van der Waals surface area contributed by atoms with E-state index in [1.165, 1.54) is 18.9 Å². The van der Waals surface area contributed by atoms with E-state index in [2.05, 4.69) is 18.3 Å². The van der Waals surface area contributed by atoms with E-state index in [9.17, 15) is 9.59 Å². The second-order valence-electron chi connectivity index (χ2n) is 5.21. The zero-order valence-corrected chi connectivity index (χ0v) is 14.9. The Labute approximate surface area is 145 Å². The molecule has 5 nitrogen and oxygen atoms in total. The van der Waals surface area contributed by atoms with Gasteiger partial charge in [-0.25, -0.2) is 0 Å². The van der Waals surface area contributed by atoms with Gasteiger partial charge in [0.25, 0.3) is 5.91 Å². The molecule has 0 spiro atoms. The minimum Gasteiger partial charge on any atom is -0.497 e. The highest BCUT2D eigenvalue weighted by Gasteiger charge is 2.12. The number of benzene rings is 1. The number of hydrogen-bond acceptors (Lipinski definition) is 5. The quantitative estimate of drug-likeness (QED) is 0.745. The molecule has 0 aliphatic heterocycles. The van der Waals surface area contributed by atoms with Crippen LogP contribution >= 0.6 is 11.3 Å². The molecule has 24 heavy (non-hydrogen) atoms. The van der Waals surface area contributed by atoms with Crippen molar-refractivity contribution in [2.45, 2.75) is 26.8 Å². The minimum absolute atomic E-state index is 0.126. The van der Waals surface area contributed by atoms with Crippen molar-refractivity contribution in [3.63, 3.8) is 0 Å². The van der Waals surface area contributed by atoms with Crippen LogP contribution < -0.4 is 14.8 Å². The average Bonchev–Trinajstić information content (AvgIpc) is 3.05. The monoisotopic (exact) mass is 347 g/mol. The molecule has 0 bridgehead atoms. The number of aryl methyl sites for hydroxylation is 1. The lowest BCUT2D eigenvalue weighted by Gasteiger charge is -2.11. The first kappa shape index (κ1) is 18.0. The standard InChI is InChI=1S/C18H21NO4S/c1-4-14-6-7-15(24-14)10-19-18(21)11-23-17-9-13(22-3)5-8-16(17)12(2)20/h5-9H,4,10-11H2,1-3H3,(H,19,21). The third-order valence-electron chi connectivity index (χ3n) is 3.45. The van der Waals surface area contributed by atoms with Crippen LogP contribution in [0.15, 0.2) is 30.3 Å². The number of rotatable bonds is 8. The van der Waals surface area contributed by atoms with Crippen LogP contribution in [0, 0.1) is 0 Å². The Kier molecular flexibility index (Phi) is 6.37. The molecular weight excluding hydrogens is 326 g/mol. The van der Waals surface area contributed by atoms with Crippen molar-refractivity contribution in [3.8, 4) is 11.5 Å². The van der Waals surface area contributed by atoms with Gasteiger partial charge in [-0.2, -0.15) is 0 Å². The highest BCUT2D eigenvalue weighted by Crippen LogP contribution is 2.25. The van der Waals surface area contributed by atoms with E-state index in [1.807, 2.05) is 6.07 Å². The van der Waals surface area contributed by atoms with E-state index in [-0.39, 0.29) is 18.3 Å². The lowest BCUT2D eigenvalue weighted by atomic mass is 10.1. The summed E-state index contributed by atoms with van der Waals surface area (Å²) in [6.45, 7) is 3.88. The van der Waals surface area contributed by atoms with Crippen molar-refractivity contribution in [2.24, 2.45) is 0 Å². The highest BCUT2D eigenvalue weighted by molar-refractivity contribution is 7.11. The SMILES string of the molecule is CCc1ccc(CNC(=O)COc2cc(OC)ccc2C(C)=O)s1. The molecule has 1 aromatic carbocycles. The van der Waals surface area contributed by atoms with Crippen LogP contribution in [-0.2, 0) is 17.8 Å². The zero-order valence-electron chi connectivity index (χ0n) is 14.0. The molecule has 0 atom stereocenters. The van der Waals surface area contributed by atoms with Crippen molar-refractivity contribution < 1.29 is 19.1 Å². The number of carbonyl (C=O) groups is 2. The summed E-state index contributed by atoms with van der Waals surface area (Å²) in [5, 5.41) is 2.81. The third-order valence-corrected chi connectivity index (χ3v) is 4.68. The van der Waals surface area contributed by atoms with E-state index < -0.39 is 0 Å². The average molecular weight is 347 g/mol. The lowest BCUT2D eigenvalue weighted by Crippen LogP contribution is -2.28. The molecule has 0 aliphatic carbocycles. The van der Waals surface area contributed by atoms with Crippen LogP contribution in [-0.4, -0.2) is 25.4 Å². The lowest BCUT2D eigenvalue weighted by molar-refractivity contribution is -0.123. The Hall–Kier alpha value is -2.34. The largest absolute Gasteiger partial charge is 0.497 e. The Morgan fingerprint density at radius 2 is 1.92 bits per heavy atom. The van der Waals surface area contributed by atoms with Crippen molar-refractivity contribution in [3.05, 3.63) is 45.6 Å². The van der Waals surface area contributed by atoms with E-state index in [4.69, 9.17) is 9.47 Å². The van der Waals surface area contributed by atoms with Crippen molar-refractivity contribution >= 4 is 23.0 Å². The highest BCUT2D eigenvalue weighted by atomic mass is 32.1. The first-order valence-electron chi connectivity index (χ1n) is 7.69. The summed E-state index contributed by atoms with van der Waals surface area (Å²) in [7, 11) is 1.53. The van der Waals surface area contributed by atoms with Crippen LogP contribution in [0.3, 0.4) is 0 Å². The van der Waals surface area contributed by atoms with Gasteiger partial charge in [0, 0.05) is 15.8 Å². The second kappa shape index (κ2) is 8.49. The molecule has 1 aromatic heterocycles. The number of amides is 1. The molecule has 1 N–H and O–H groups in total. The molecule has 1 amide bonds. The van der Waals surface area contributed by atoms with Crippen molar-refractivity contribution in [1.82, 2.24) is 5.32 Å². The first-order chi connectivity index (χ1) is 11.5. The van der Waals surface area contributed by atoms with Gasteiger partial charge in [-0.1, -0.05) is 6.92 Å². The topological polar surface area (TPSA) is 64.6 Å². The molecule has 6 heteroatoms. The molecule has 0 fully saturated rings. The molecule has 128 valence electrons. The maximum Gasteiger partial charge on any atom is 0.258 e. The number of thiophene rings is 1. The number of ether oxygens (including phenoxy) is 2. The van der Waals surface area contributed by atoms with Gasteiger partial charge in [-0.3, -0.25) is 9.59 Å². The van der Waals surface area contributed by atoms with E-state index >= 15 is 0 Å². The summed E-state index contributed by atoms with van der Waals surface area (Å²) in [5.74, 6) is 0.556. The first-order valence-corrected chi connectivity index (χ1v) is 8.51. The van der Waals surface area contributed by atoms with Gasteiger partial charge in [-0.15, -0.1) is 11.3 Å².